The van der Waals surface area contributed by atoms with E-state index < -0.39 is 11.2 Å². The fourth-order valence-corrected chi connectivity index (χ4v) is 6.13. The summed E-state index contributed by atoms with van der Waals surface area (Å²) in [4.78, 5) is 30.7. The maximum Gasteiger partial charge on any atom is 0.166 e. The lowest BCUT2D eigenvalue weighted by Gasteiger charge is -2.37. The highest BCUT2D eigenvalue weighted by Crippen LogP contribution is 2.49. The number of nitrogens with zero attached hydrogens (tertiary/aromatic N) is 2. The summed E-state index contributed by atoms with van der Waals surface area (Å²) in [5.74, 6) is 0.0122. The van der Waals surface area contributed by atoms with E-state index in [4.69, 9.17) is 18.9 Å². The molecule has 3 aromatic carbocycles. The second-order valence-electron chi connectivity index (χ2n) is 12.7. The number of pyridine rings is 1. The molecule has 4 aromatic rings. The van der Waals surface area contributed by atoms with Crippen molar-refractivity contribution in [3.05, 3.63) is 89.6 Å². The molecule has 1 aliphatic heterocycles. The number of ketones is 2. The first-order valence-corrected chi connectivity index (χ1v) is 16.0. The summed E-state index contributed by atoms with van der Waals surface area (Å²) in [6.07, 6.45) is 3.38. The van der Waals surface area contributed by atoms with E-state index in [0.717, 1.165) is 43.8 Å². The molecule has 246 valence electrons. The molecule has 2 heterocycles. The Balaban J connectivity index is 1.10. The Hall–Kier alpha value is -4.41. The van der Waals surface area contributed by atoms with Gasteiger partial charge in [-0.15, -0.1) is 0 Å². The van der Waals surface area contributed by atoms with Crippen LogP contribution in [0.1, 0.15) is 30.4 Å². The van der Waals surface area contributed by atoms with Crippen LogP contribution in [0, 0.1) is 17.0 Å². The van der Waals surface area contributed by atoms with E-state index in [9.17, 15) is 14.0 Å². The molecule has 0 unspecified atom stereocenters. The van der Waals surface area contributed by atoms with Crippen LogP contribution >= 0.6 is 0 Å². The largest absolute Gasteiger partial charge is 0.493 e. The summed E-state index contributed by atoms with van der Waals surface area (Å²) in [5, 5.41) is 0.622. The summed E-state index contributed by atoms with van der Waals surface area (Å²) in [6, 6.07) is 15.3. The predicted octanol–water partition coefficient (Wildman–Crippen LogP) is 6.26. The molecule has 47 heavy (non-hydrogen) atoms. The minimum Gasteiger partial charge on any atom is -0.493 e. The van der Waals surface area contributed by atoms with Gasteiger partial charge in [-0.05, 0) is 60.4 Å². The first kappa shape index (κ1) is 32.5. The van der Waals surface area contributed by atoms with Gasteiger partial charge in [0.15, 0.2) is 34.6 Å². The van der Waals surface area contributed by atoms with E-state index in [1.54, 1.807) is 49.7 Å². The molecule has 0 atom stereocenters. The molecule has 10 heteroatoms. The van der Waals surface area contributed by atoms with Gasteiger partial charge in [-0.25, -0.2) is 8.78 Å². The molecule has 0 radical (unpaired) electrons. The van der Waals surface area contributed by atoms with Crippen molar-refractivity contribution >= 4 is 22.5 Å². The Morgan fingerprint density at radius 1 is 0.872 bits per heavy atom. The maximum absolute atomic E-state index is 15.3. The summed E-state index contributed by atoms with van der Waals surface area (Å²) in [6.45, 7) is 5.07. The van der Waals surface area contributed by atoms with Gasteiger partial charge in [0.25, 0.3) is 0 Å². The Kier molecular flexibility index (Phi) is 9.52. The average molecular weight is 646 g/mol. The maximum atomic E-state index is 15.3. The van der Waals surface area contributed by atoms with Crippen LogP contribution in [0.25, 0.3) is 10.9 Å². The zero-order chi connectivity index (χ0) is 33.0. The van der Waals surface area contributed by atoms with Gasteiger partial charge >= 0.3 is 0 Å². The molecule has 2 aliphatic rings. The van der Waals surface area contributed by atoms with Gasteiger partial charge < -0.3 is 23.4 Å². The van der Waals surface area contributed by atoms with Gasteiger partial charge in [-0.3, -0.25) is 14.6 Å². The highest BCUT2D eigenvalue weighted by molar-refractivity contribution is 6.11. The molecule has 1 aromatic heterocycles. The molecule has 0 spiro atoms. The molecule has 0 bridgehead atoms. The lowest BCUT2D eigenvalue weighted by Crippen LogP contribution is -2.52. The Labute approximate surface area is 272 Å². The van der Waals surface area contributed by atoms with Crippen molar-refractivity contribution in [3.63, 3.8) is 0 Å². The van der Waals surface area contributed by atoms with Crippen LogP contribution < -0.4 is 14.2 Å². The first-order chi connectivity index (χ1) is 22.7. The summed E-state index contributed by atoms with van der Waals surface area (Å²) in [7, 11) is 3.80. The minimum atomic E-state index is -1.06. The average Bonchev–Trinajstić information content (AvgIpc) is 3.88. The normalized spacial score (nSPS) is 16.4. The van der Waals surface area contributed by atoms with Gasteiger partial charge in [0, 0.05) is 36.9 Å². The summed E-state index contributed by atoms with van der Waals surface area (Å²) in [5.41, 5.74) is 0.657. The SMILES string of the molecule is COc1cc2c(Oc3ccc(CC(=O)C4(C(=O)Cc5ccc(F)cc5)CC4)cc3F)ccnc2cc1OCCC[N+]1(C)CCOCC1. The predicted molar refractivity (Wildman–Crippen MR) is 172 cm³/mol. The van der Waals surface area contributed by atoms with Crippen molar-refractivity contribution in [1.82, 2.24) is 4.98 Å². The summed E-state index contributed by atoms with van der Waals surface area (Å²) < 4.78 is 52.7. The molecule has 1 saturated carbocycles. The number of fused-ring (bicyclic) bond motifs is 1. The number of morpholine rings is 1. The molecule has 2 fully saturated rings. The number of quaternary nitrogens is 1. The van der Waals surface area contributed by atoms with Crippen LogP contribution in [0.2, 0.25) is 0 Å². The first-order valence-electron chi connectivity index (χ1n) is 16.0. The van der Waals surface area contributed by atoms with E-state index in [2.05, 4.69) is 12.0 Å². The topological polar surface area (TPSA) is 84.0 Å². The van der Waals surface area contributed by atoms with Crippen molar-refractivity contribution in [3.8, 4) is 23.0 Å². The second-order valence-corrected chi connectivity index (χ2v) is 12.7. The number of hydrogen-bond acceptors (Lipinski definition) is 7. The number of rotatable bonds is 14. The van der Waals surface area contributed by atoms with Gasteiger partial charge in [0.05, 0.1) is 51.5 Å². The van der Waals surface area contributed by atoms with Crippen molar-refractivity contribution in [2.75, 3.05) is 53.6 Å². The molecule has 8 nitrogen and oxygen atoms in total. The van der Waals surface area contributed by atoms with Gasteiger partial charge in [-0.2, -0.15) is 0 Å². The molecule has 0 N–H and O–H groups in total. The van der Waals surface area contributed by atoms with E-state index in [-0.39, 0.29) is 36.0 Å². The summed E-state index contributed by atoms with van der Waals surface area (Å²) >= 11 is 0. The smallest absolute Gasteiger partial charge is 0.166 e. The van der Waals surface area contributed by atoms with E-state index in [1.165, 1.54) is 24.3 Å². The number of aromatic nitrogens is 1. The molecule has 0 amide bonds. The third kappa shape index (κ3) is 7.44. The molecule has 1 saturated heterocycles. The number of Topliss-reactive ketones (excluding diaryl/α,β-unsaturated/α-hetero) is 2. The third-order valence-electron chi connectivity index (χ3n) is 9.31. The van der Waals surface area contributed by atoms with Gasteiger partial charge in [0.1, 0.15) is 24.7 Å². The second kappa shape index (κ2) is 13.8. The number of carbonyl (C=O) groups excluding carboxylic acids is 2. The quantitative estimate of drug-likeness (QED) is 0.0909. The number of carbonyl (C=O) groups is 2. The number of benzene rings is 3. The number of halogens is 2. The fourth-order valence-electron chi connectivity index (χ4n) is 6.13. The minimum absolute atomic E-state index is 0.0127. The van der Waals surface area contributed by atoms with Gasteiger partial charge in [0.2, 0.25) is 0 Å². The molecular weight excluding hydrogens is 606 g/mol. The van der Waals surface area contributed by atoms with Crippen LogP contribution in [-0.2, 0) is 27.2 Å². The van der Waals surface area contributed by atoms with E-state index >= 15 is 4.39 Å². The van der Waals surface area contributed by atoms with Crippen molar-refractivity contribution < 1.29 is 41.8 Å². The molecular formula is C37H39F2N2O6+. The zero-order valence-corrected chi connectivity index (χ0v) is 26.7. The van der Waals surface area contributed by atoms with E-state index in [1.807, 2.05) is 0 Å². The lowest BCUT2D eigenvalue weighted by atomic mass is 9.88. The fraction of sp³-hybridized carbons (Fsp3) is 0.378. The van der Waals surface area contributed by atoms with Crippen LogP contribution in [0.15, 0.2) is 66.9 Å². The highest BCUT2D eigenvalue weighted by atomic mass is 19.1. The standard InChI is InChI=1S/C37H39F2N2O6/c1-41(15-18-45-19-16-41)14-3-17-46-34-24-30-28(23-33(34)44-2)31(10-13-40-30)47-32-9-6-26(20-29(32)39)22-36(43)37(11-12-37)35(42)21-25-4-7-27(38)8-5-25/h4-10,13,20,23-24H,3,11-12,14-19,21-22H2,1-2H3/q+1. The van der Waals surface area contributed by atoms with Crippen molar-refractivity contribution in [2.24, 2.45) is 5.41 Å². The number of hydrogen-bond donors (Lipinski definition) is 0. The number of likely N-dealkylation sites (N-methyl/N-ethyl adjacent to an activating group) is 1. The Morgan fingerprint density at radius 3 is 2.26 bits per heavy atom. The van der Waals surface area contributed by atoms with Crippen molar-refractivity contribution in [2.45, 2.75) is 32.1 Å². The highest BCUT2D eigenvalue weighted by Gasteiger charge is 2.54. The molecule has 6 rings (SSSR count). The lowest BCUT2D eigenvalue weighted by molar-refractivity contribution is -0.917. The van der Waals surface area contributed by atoms with Crippen LogP contribution in [0.5, 0.6) is 23.0 Å². The van der Waals surface area contributed by atoms with Crippen LogP contribution in [0.3, 0.4) is 0 Å². The van der Waals surface area contributed by atoms with Gasteiger partial charge in [-0.1, -0.05) is 18.2 Å². The monoisotopic (exact) mass is 645 g/mol. The van der Waals surface area contributed by atoms with E-state index in [0.29, 0.717) is 58.7 Å². The number of ether oxygens (including phenoxy) is 4. The van der Waals surface area contributed by atoms with Crippen LogP contribution in [0.4, 0.5) is 8.78 Å². The zero-order valence-electron chi connectivity index (χ0n) is 26.7. The number of methoxy groups -OCH3 is 1. The van der Waals surface area contributed by atoms with Crippen molar-refractivity contribution in [1.29, 1.82) is 0 Å². The third-order valence-corrected chi connectivity index (χ3v) is 9.31. The van der Waals surface area contributed by atoms with Crippen LogP contribution in [-0.4, -0.2) is 74.6 Å². The Bertz CT molecular complexity index is 1770. The Morgan fingerprint density at radius 2 is 1.57 bits per heavy atom. The molecule has 1 aliphatic carbocycles.